The number of nitrogens with one attached hydrogen (secondary N) is 1. The van der Waals surface area contributed by atoms with Gasteiger partial charge in [-0.25, -0.2) is 0 Å². The SMILES string of the molecule is CC(C)(C)S(=O)Cc1cccc(NC(=O)C2CCC(C(=O)O)CC2)c1. The van der Waals surface area contributed by atoms with Crippen molar-refractivity contribution < 1.29 is 18.9 Å². The summed E-state index contributed by atoms with van der Waals surface area (Å²) >= 11 is 0. The molecule has 1 aliphatic carbocycles. The molecular formula is C19H27NO4S. The van der Waals surface area contributed by atoms with Crippen LogP contribution in [0.2, 0.25) is 0 Å². The van der Waals surface area contributed by atoms with Crippen LogP contribution >= 0.6 is 0 Å². The zero-order chi connectivity index (χ0) is 18.6. The molecule has 2 N–H and O–H groups in total. The lowest BCUT2D eigenvalue weighted by atomic mass is 9.81. The molecule has 1 aromatic carbocycles. The van der Waals surface area contributed by atoms with Gasteiger partial charge >= 0.3 is 5.97 Å². The van der Waals surface area contributed by atoms with Crippen molar-refractivity contribution in [1.29, 1.82) is 0 Å². The van der Waals surface area contributed by atoms with Gasteiger partial charge in [-0.2, -0.15) is 0 Å². The van der Waals surface area contributed by atoms with Crippen LogP contribution in [0.4, 0.5) is 5.69 Å². The number of hydrogen-bond donors (Lipinski definition) is 2. The molecule has 1 unspecified atom stereocenters. The van der Waals surface area contributed by atoms with Gasteiger partial charge in [-0.1, -0.05) is 12.1 Å². The molecule has 6 heteroatoms. The number of carboxylic acid groups (broad SMARTS) is 1. The third-order valence-corrected chi connectivity index (χ3v) is 6.58. The van der Waals surface area contributed by atoms with E-state index in [1.807, 2.05) is 45.0 Å². The number of carbonyl (C=O) groups is 2. The highest BCUT2D eigenvalue weighted by Crippen LogP contribution is 2.30. The largest absolute Gasteiger partial charge is 0.481 e. The molecule has 1 aliphatic rings. The Morgan fingerprint density at radius 3 is 2.32 bits per heavy atom. The van der Waals surface area contributed by atoms with Gasteiger partial charge < -0.3 is 10.4 Å². The monoisotopic (exact) mass is 365 g/mol. The van der Waals surface area contributed by atoms with Crippen LogP contribution in [0, 0.1) is 11.8 Å². The highest BCUT2D eigenvalue weighted by molar-refractivity contribution is 7.85. The number of amides is 1. The molecule has 138 valence electrons. The highest BCUT2D eigenvalue weighted by Gasteiger charge is 2.29. The fourth-order valence-corrected chi connectivity index (χ4v) is 3.87. The molecular weight excluding hydrogens is 338 g/mol. The van der Waals surface area contributed by atoms with E-state index in [9.17, 15) is 13.8 Å². The summed E-state index contributed by atoms with van der Waals surface area (Å²) in [7, 11) is -0.990. The Morgan fingerprint density at radius 1 is 1.16 bits per heavy atom. The summed E-state index contributed by atoms with van der Waals surface area (Å²) < 4.78 is 12.0. The first-order chi connectivity index (χ1) is 11.7. The Hall–Kier alpha value is -1.69. The number of anilines is 1. The molecule has 1 aromatic rings. The third-order valence-electron chi connectivity index (χ3n) is 4.62. The van der Waals surface area contributed by atoms with Gasteiger partial charge in [0, 0.05) is 32.9 Å². The molecule has 1 fully saturated rings. The topological polar surface area (TPSA) is 83.5 Å². The van der Waals surface area contributed by atoms with Gasteiger partial charge in [0.2, 0.25) is 5.91 Å². The van der Waals surface area contributed by atoms with Crippen molar-refractivity contribution in [2.45, 2.75) is 57.0 Å². The Morgan fingerprint density at radius 2 is 1.76 bits per heavy atom. The molecule has 0 heterocycles. The van der Waals surface area contributed by atoms with Crippen LogP contribution in [0.1, 0.15) is 52.0 Å². The smallest absolute Gasteiger partial charge is 0.306 e. The van der Waals surface area contributed by atoms with Crippen LogP contribution < -0.4 is 5.32 Å². The molecule has 0 spiro atoms. The molecule has 0 saturated heterocycles. The van der Waals surface area contributed by atoms with E-state index in [1.54, 1.807) is 0 Å². The molecule has 2 rings (SSSR count). The second-order valence-corrected chi connectivity index (χ2v) is 9.88. The van der Waals surface area contributed by atoms with Crippen molar-refractivity contribution in [2.75, 3.05) is 5.32 Å². The second kappa shape index (κ2) is 8.13. The predicted molar refractivity (Wildman–Crippen MR) is 99.8 cm³/mol. The number of carbonyl (C=O) groups excluding carboxylic acids is 1. The Bertz CT molecular complexity index is 658. The van der Waals surface area contributed by atoms with Crippen molar-refractivity contribution >= 4 is 28.4 Å². The van der Waals surface area contributed by atoms with Crippen molar-refractivity contribution in [3.63, 3.8) is 0 Å². The first-order valence-electron chi connectivity index (χ1n) is 8.68. The summed E-state index contributed by atoms with van der Waals surface area (Å²) in [6.07, 6.45) is 2.32. The third kappa shape index (κ3) is 5.66. The van der Waals surface area contributed by atoms with Gasteiger partial charge in [0.15, 0.2) is 0 Å². The molecule has 1 atom stereocenters. The van der Waals surface area contributed by atoms with Gasteiger partial charge in [-0.3, -0.25) is 13.8 Å². The molecule has 0 aromatic heterocycles. The van der Waals surface area contributed by atoms with Gasteiger partial charge in [0.25, 0.3) is 0 Å². The lowest BCUT2D eigenvalue weighted by Gasteiger charge is -2.25. The number of aliphatic carboxylic acids is 1. The lowest BCUT2D eigenvalue weighted by Crippen LogP contribution is -2.29. The second-order valence-electron chi connectivity index (χ2n) is 7.68. The number of carboxylic acids is 1. The average Bonchev–Trinajstić information content (AvgIpc) is 2.54. The lowest BCUT2D eigenvalue weighted by molar-refractivity contribution is -0.143. The summed E-state index contributed by atoms with van der Waals surface area (Å²) in [5.41, 5.74) is 1.63. The molecule has 25 heavy (non-hydrogen) atoms. The summed E-state index contributed by atoms with van der Waals surface area (Å²) in [4.78, 5) is 23.4. The van der Waals surface area contributed by atoms with E-state index in [0.29, 0.717) is 37.1 Å². The van der Waals surface area contributed by atoms with Crippen molar-refractivity contribution in [3.8, 4) is 0 Å². The molecule has 1 amide bonds. The van der Waals surface area contributed by atoms with E-state index in [2.05, 4.69) is 5.32 Å². The molecule has 0 radical (unpaired) electrons. The quantitative estimate of drug-likeness (QED) is 0.836. The first kappa shape index (κ1) is 19.6. The van der Waals surface area contributed by atoms with Crippen LogP contribution in [-0.2, 0) is 26.1 Å². The fourth-order valence-electron chi connectivity index (χ4n) is 2.95. The van der Waals surface area contributed by atoms with Gasteiger partial charge in [0.05, 0.1) is 5.92 Å². The van der Waals surface area contributed by atoms with E-state index in [0.717, 1.165) is 5.56 Å². The number of hydrogen-bond acceptors (Lipinski definition) is 3. The maximum Gasteiger partial charge on any atom is 0.306 e. The number of rotatable bonds is 5. The highest BCUT2D eigenvalue weighted by atomic mass is 32.2. The summed E-state index contributed by atoms with van der Waals surface area (Å²) in [5.74, 6) is -0.823. The van der Waals surface area contributed by atoms with Crippen molar-refractivity contribution in [1.82, 2.24) is 0 Å². The van der Waals surface area contributed by atoms with E-state index in [1.165, 1.54) is 0 Å². The van der Waals surface area contributed by atoms with E-state index < -0.39 is 16.8 Å². The van der Waals surface area contributed by atoms with E-state index in [4.69, 9.17) is 5.11 Å². The van der Waals surface area contributed by atoms with Crippen LogP contribution in [0.5, 0.6) is 0 Å². The maximum atomic E-state index is 12.4. The zero-order valence-electron chi connectivity index (χ0n) is 15.1. The first-order valence-corrected chi connectivity index (χ1v) is 10.00. The van der Waals surface area contributed by atoms with Crippen LogP contribution in [-0.4, -0.2) is 25.9 Å². The number of benzene rings is 1. The fraction of sp³-hybridized carbons (Fsp3) is 0.579. The molecule has 1 saturated carbocycles. The van der Waals surface area contributed by atoms with Crippen molar-refractivity contribution in [3.05, 3.63) is 29.8 Å². The van der Waals surface area contributed by atoms with Crippen LogP contribution in [0.15, 0.2) is 24.3 Å². The maximum absolute atomic E-state index is 12.4. The predicted octanol–water partition coefficient (Wildman–Crippen LogP) is 3.56. The summed E-state index contributed by atoms with van der Waals surface area (Å²) in [6, 6.07) is 7.46. The minimum Gasteiger partial charge on any atom is -0.481 e. The normalized spacial score (nSPS) is 22.2. The van der Waals surface area contributed by atoms with E-state index in [-0.39, 0.29) is 22.5 Å². The minimum absolute atomic E-state index is 0.0575. The Kier molecular flexibility index (Phi) is 6.38. The zero-order valence-corrected chi connectivity index (χ0v) is 15.9. The Labute approximate surface area is 151 Å². The summed E-state index contributed by atoms with van der Waals surface area (Å²) in [6.45, 7) is 5.84. The average molecular weight is 365 g/mol. The van der Waals surface area contributed by atoms with Gasteiger partial charge in [-0.05, 0) is 64.2 Å². The molecule has 0 bridgehead atoms. The standard InChI is InChI=1S/C19H27NO4S/c1-19(2,3)25(24)12-13-5-4-6-16(11-13)20-17(21)14-7-9-15(10-8-14)18(22)23/h4-6,11,14-15H,7-10,12H2,1-3H3,(H,20,21)(H,22,23). The molecule has 5 nitrogen and oxygen atoms in total. The molecule has 0 aliphatic heterocycles. The minimum atomic E-state index is -0.990. The van der Waals surface area contributed by atoms with Crippen LogP contribution in [0.25, 0.3) is 0 Å². The Balaban J connectivity index is 1.94. The van der Waals surface area contributed by atoms with E-state index >= 15 is 0 Å². The summed E-state index contributed by atoms with van der Waals surface area (Å²) in [5, 5.41) is 12.0. The van der Waals surface area contributed by atoms with Gasteiger partial charge in [0.1, 0.15) is 0 Å². The van der Waals surface area contributed by atoms with Crippen LogP contribution in [0.3, 0.4) is 0 Å². The van der Waals surface area contributed by atoms with Crippen molar-refractivity contribution in [2.24, 2.45) is 11.8 Å². The van der Waals surface area contributed by atoms with Gasteiger partial charge in [-0.15, -0.1) is 0 Å².